The fourth-order valence-corrected chi connectivity index (χ4v) is 22.2. The molecule has 0 spiro atoms. The molecular formula is C133H84N6O4. The number of benzene rings is 23. The number of furan rings is 3. The van der Waals surface area contributed by atoms with Crippen LogP contribution in [0.3, 0.4) is 0 Å². The minimum atomic E-state index is 0.615. The van der Waals surface area contributed by atoms with Crippen LogP contribution in [0.25, 0.3) is 220 Å². The van der Waals surface area contributed by atoms with Crippen LogP contribution in [0.5, 0.6) is 0 Å². The van der Waals surface area contributed by atoms with Gasteiger partial charge in [0.2, 0.25) is 5.89 Å². The van der Waals surface area contributed by atoms with Crippen LogP contribution in [0.1, 0.15) is 0 Å². The van der Waals surface area contributed by atoms with Gasteiger partial charge in [0, 0.05) is 133 Å². The van der Waals surface area contributed by atoms with E-state index >= 15 is 0 Å². The van der Waals surface area contributed by atoms with Gasteiger partial charge < -0.3 is 41.5 Å². The third kappa shape index (κ3) is 13.8. The number of anilines is 9. The van der Waals surface area contributed by atoms with Gasteiger partial charge in [-0.2, -0.15) is 0 Å². The standard InChI is InChI=1S/C51H32N2O2.C42H26N2O2.C40H26N2/c1-3-13-33(14-4-1)39-17-7-8-18-40(39)41-19-9-11-21-46(41)53(38-28-30-48-44(32-38)42-20-10-12-22-47(42)54-48)37-27-25-34-23-24-35-26-29-45-50(49(35)43(34)31-37)55-51(52-45)36-15-5-2-6-16-36;1-2-10-27(11-3-1)44-37-15-7-4-12-31(37)32-21-18-29(25-38(32)44)43(28-20-23-41-36(24-28)34-14-6-9-17-40(34)45-41)30-19-22-35-33-13-5-8-16-39(33)46-42(35)26-30;1-3-13-28(14-4-1)41(29-15-5-2-6-16-29)30-17-10-18-31(26-30)42-36-23-11-22-35-33-20-8-7-19-32(33)34-21-9-12-27-24-25-37(42)40(38(27)34)39(35)36/h1-32H;1-26H;1-26H. The average molecular weight is 1830 g/mol. The maximum Gasteiger partial charge on any atom is 0.227 e. The van der Waals surface area contributed by atoms with Crippen molar-refractivity contribution in [2.45, 2.75) is 0 Å². The number of para-hydroxylation sites is 8. The van der Waals surface area contributed by atoms with Crippen LogP contribution in [0.15, 0.2) is 527 Å². The van der Waals surface area contributed by atoms with Crippen molar-refractivity contribution in [1.29, 1.82) is 0 Å². The number of nitrogens with zero attached hydrogens (tertiary/aromatic N) is 6. The second kappa shape index (κ2) is 33.9. The highest BCUT2D eigenvalue weighted by molar-refractivity contribution is 6.31. The van der Waals surface area contributed by atoms with Crippen molar-refractivity contribution in [3.8, 4) is 67.3 Å². The predicted molar refractivity (Wildman–Crippen MR) is 595 cm³/mol. The summed E-state index contributed by atoms with van der Waals surface area (Å²) in [4.78, 5) is 12.0. The molecule has 6 aromatic heterocycles. The summed E-state index contributed by atoms with van der Waals surface area (Å²) in [7, 11) is 0. The average Bonchev–Trinajstić information content (AvgIpc) is 1.54. The molecule has 0 aliphatic heterocycles. The SMILES string of the molecule is c1ccc(-c2nc3ccc4ccc5ccc(N(c6ccc7oc8ccccc8c7c6)c6ccccc6-c6ccccc6-c6ccccc6)cc5c4c3o2)cc1.c1ccc(-n2c3ccccc3c3ccc(N(c4ccc5c(c4)oc4ccccc45)c4ccc5oc6ccccc6c5c4)cc32)cc1.c1ccc(N(c2ccccc2)c2cccc(-n3c4cccc5c4c4c6c(cccc6ccc43)-c3ccccc3-5)c2)cc1. The predicted octanol–water partition coefficient (Wildman–Crippen LogP) is 37.6. The molecule has 670 valence electrons. The lowest BCUT2D eigenvalue weighted by molar-refractivity contribution is 0.623. The molecule has 0 amide bonds. The topological polar surface area (TPSA) is 85.0 Å². The smallest absolute Gasteiger partial charge is 0.227 e. The minimum absolute atomic E-state index is 0.615. The van der Waals surface area contributed by atoms with E-state index in [2.05, 4.69) is 467 Å². The molecule has 10 heteroatoms. The van der Waals surface area contributed by atoms with E-state index in [4.69, 9.17) is 22.7 Å². The summed E-state index contributed by atoms with van der Waals surface area (Å²) in [6, 6.07) is 181. The molecule has 0 radical (unpaired) electrons. The van der Waals surface area contributed by atoms with Crippen LogP contribution in [-0.4, -0.2) is 14.1 Å². The van der Waals surface area contributed by atoms with E-state index in [1.54, 1.807) is 0 Å². The maximum atomic E-state index is 6.62. The summed E-state index contributed by atoms with van der Waals surface area (Å²) in [6.45, 7) is 0. The summed E-state index contributed by atoms with van der Waals surface area (Å²) in [6.07, 6.45) is 0. The van der Waals surface area contributed by atoms with Gasteiger partial charge in [0.05, 0.1) is 27.8 Å². The van der Waals surface area contributed by atoms with Crippen molar-refractivity contribution < 1.29 is 17.7 Å². The highest BCUT2D eigenvalue weighted by atomic mass is 16.4. The Morgan fingerprint density at radius 3 is 1.26 bits per heavy atom. The lowest BCUT2D eigenvalue weighted by Gasteiger charge is -2.29. The number of fused-ring (bicyclic) bond motifs is 20. The first-order chi connectivity index (χ1) is 70.9. The molecule has 143 heavy (non-hydrogen) atoms. The zero-order chi connectivity index (χ0) is 94.1. The van der Waals surface area contributed by atoms with E-state index in [9.17, 15) is 0 Å². The van der Waals surface area contributed by atoms with E-state index in [1.165, 1.54) is 82.2 Å². The molecule has 0 saturated carbocycles. The van der Waals surface area contributed by atoms with Gasteiger partial charge in [-0.3, -0.25) is 0 Å². The van der Waals surface area contributed by atoms with Gasteiger partial charge in [0.25, 0.3) is 0 Å². The summed E-state index contributed by atoms with van der Waals surface area (Å²) in [5.41, 5.74) is 34.3. The van der Waals surface area contributed by atoms with Gasteiger partial charge in [-0.15, -0.1) is 0 Å². The van der Waals surface area contributed by atoms with Crippen LogP contribution in [-0.2, 0) is 0 Å². The number of hydrogen-bond acceptors (Lipinski definition) is 8. The zero-order valence-electron chi connectivity index (χ0n) is 77.3. The van der Waals surface area contributed by atoms with Gasteiger partial charge in [-0.1, -0.05) is 315 Å². The molecule has 30 rings (SSSR count). The molecule has 1 aliphatic carbocycles. The van der Waals surface area contributed by atoms with Crippen molar-refractivity contribution in [2.24, 2.45) is 0 Å². The molecule has 29 aromatic rings. The third-order valence-electron chi connectivity index (χ3n) is 28.5. The van der Waals surface area contributed by atoms with Crippen LogP contribution < -0.4 is 14.7 Å². The number of hydrogen-bond donors (Lipinski definition) is 0. The van der Waals surface area contributed by atoms with E-state index in [-0.39, 0.29) is 0 Å². The molecule has 0 bridgehead atoms. The largest absolute Gasteiger partial charge is 0.456 e. The Morgan fingerprint density at radius 2 is 0.580 bits per heavy atom. The fourth-order valence-electron chi connectivity index (χ4n) is 22.2. The van der Waals surface area contributed by atoms with E-state index in [1.807, 2.05) is 66.7 Å². The monoisotopic (exact) mass is 1830 g/mol. The van der Waals surface area contributed by atoms with Crippen LogP contribution in [0, 0.1) is 0 Å². The zero-order valence-corrected chi connectivity index (χ0v) is 77.3. The summed E-state index contributed by atoms with van der Waals surface area (Å²) in [5.74, 6) is 0.615. The molecule has 0 atom stereocenters. The number of oxazole rings is 1. The van der Waals surface area contributed by atoms with Gasteiger partial charge in [-0.05, 0) is 254 Å². The first-order valence-electron chi connectivity index (χ1n) is 48.5. The first kappa shape index (κ1) is 82.0. The molecule has 0 fully saturated rings. The fraction of sp³-hybridized carbons (Fsp3) is 0. The number of aromatic nitrogens is 3. The lowest BCUT2D eigenvalue weighted by atomic mass is 9.93. The molecule has 1 aliphatic rings. The van der Waals surface area contributed by atoms with Gasteiger partial charge in [0.1, 0.15) is 39.0 Å². The molecular weight excluding hydrogens is 1750 g/mol. The van der Waals surface area contributed by atoms with Crippen molar-refractivity contribution in [3.05, 3.63) is 510 Å². The highest BCUT2D eigenvalue weighted by Crippen LogP contribution is 2.53. The summed E-state index contributed by atoms with van der Waals surface area (Å²) in [5, 5.41) is 18.7. The molecule has 23 aromatic carbocycles. The van der Waals surface area contributed by atoms with E-state index in [0.717, 1.165) is 183 Å². The molecule has 6 heterocycles. The Hall–Kier alpha value is -19.3. The molecule has 0 unspecified atom stereocenters. The maximum absolute atomic E-state index is 6.62. The number of rotatable bonds is 14. The van der Waals surface area contributed by atoms with Crippen LogP contribution >= 0.6 is 0 Å². The third-order valence-corrected chi connectivity index (χ3v) is 28.5. The van der Waals surface area contributed by atoms with E-state index < -0.39 is 0 Å². The normalized spacial score (nSPS) is 11.8. The summed E-state index contributed by atoms with van der Waals surface area (Å²) < 4.78 is 30.3. The second-order valence-electron chi connectivity index (χ2n) is 36.7. The van der Waals surface area contributed by atoms with Gasteiger partial charge >= 0.3 is 0 Å². The molecule has 0 saturated heterocycles. The van der Waals surface area contributed by atoms with Crippen molar-refractivity contribution in [1.82, 2.24) is 14.1 Å². The van der Waals surface area contributed by atoms with Crippen LogP contribution in [0.2, 0.25) is 0 Å². The van der Waals surface area contributed by atoms with Gasteiger partial charge in [0.15, 0.2) is 5.58 Å². The lowest BCUT2D eigenvalue weighted by Crippen LogP contribution is -2.11. The minimum Gasteiger partial charge on any atom is -0.456 e. The Labute approximate surface area is 821 Å². The van der Waals surface area contributed by atoms with Crippen molar-refractivity contribution >= 4 is 204 Å². The highest BCUT2D eigenvalue weighted by Gasteiger charge is 2.29. The second-order valence-corrected chi connectivity index (χ2v) is 36.7. The Balaban J connectivity index is 0.000000106. The summed E-state index contributed by atoms with van der Waals surface area (Å²) >= 11 is 0. The van der Waals surface area contributed by atoms with Crippen molar-refractivity contribution in [2.75, 3.05) is 14.7 Å². The molecule has 0 N–H and O–H groups in total. The Morgan fingerprint density at radius 1 is 0.182 bits per heavy atom. The first-order valence-corrected chi connectivity index (χ1v) is 48.5. The quantitative estimate of drug-likeness (QED) is 0.0996. The van der Waals surface area contributed by atoms with Crippen molar-refractivity contribution in [3.63, 3.8) is 0 Å². The Bertz CT molecular complexity index is 10100. The van der Waals surface area contributed by atoms with Crippen LogP contribution in [0.4, 0.5) is 51.2 Å². The van der Waals surface area contributed by atoms with E-state index in [0.29, 0.717) is 5.89 Å². The van der Waals surface area contributed by atoms with Gasteiger partial charge in [-0.25, -0.2) is 4.98 Å². The molecule has 10 nitrogen and oxygen atoms in total. The Kier molecular flexibility index (Phi) is 19.4.